The summed E-state index contributed by atoms with van der Waals surface area (Å²) in [4.78, 5) is 20.7. The molecule has 0 spiro atoms. The molecule has 5 nitrogen and oxygen atoms in total. The normalized spacial score (nSPS) is 10.2. The fraction of sp³-hybridized carbons (Fsp3) is 0.312. The van der Waals surface area contributed by atoms with Gasteiger partial charge in [0.15, 0.2) is 0 Å². The van der Waals surface area contributed by atoms with Gasteiger partial charge in [0, 0.05) is 24.6 Å². The molecule has 0 aliphatic heterocycles. The molecule has 0 atom stereocenters. The maximum absolute atomic E-state index is 12.4. The molecule has 5 heteroatoms. The predicted octanol–water partition coefficient (Wildman–Crippen LogP) is 3.17. The Morgan fingerprint density at radius 3 is 2.76 bits per heavy atom. The van der Waals surface area contributed by atoms with E-state index in [2.05, 4.69) is 27.5 Å². The van der Waals surface area contributed by atoms with Crippen LogP contribution in [0, 0.1) is 13.8 Å². The van der Waals surface area contributed by atoms with E-state index < -0.39 is 0 Å². The van der Waals surface area contributed by atoms with Gasteiger partial charge in [-0.3, -0.25) is 14.8 Å². The van der Waals surface area contributed by atoms with Gasteiger partial charge >= 0.3 is 0 Å². The third kappa shape index (κ3) is 3.78. The summed E-state index contributed by atoms with van der Waals surface area (Å²) in [6, 6.07) is 3.75. The first kappa shape index (κ1) is 15.0. The van der Waals surface area contributed by atoms with E-state index in [9.17, 15) is 4.79 Å². The largest absolute Gasteiger partial charge is 0.384 e. The first-order chi connectivity index (χ1) is 10.1. The van der Waals surface area contributed by atoms with Crippen LogP contribution in [0.15, 0.2) is 30.7 Å². The van der Waals surface area contributed by atoms with Gasteiger partial charge in [0.1, 0.15) is 0 Å². The van der Waals surface area contributed by atoms with Crippen molar-refractivity contribution in [2.45, 2.75) is 27.2 Å². The number of carbonyl (C=O) groups excluding carboxylic acids is 1. The molecule has 2 aromatic rings. The van der Waals surface area contributed by atoms with E-state index in [1.165, 1.54) is 0 Å². The Morgan fingerprint density at radius 1 is 1.24 bits per heavy atom. The zero-order valence-electron chi connectivity index (χ0n) is 12.6. The Labute approximate surface area is 124 Å². The summed E-state index contributed by atoms with van der Waals surface area (Å²) in [6.45, 7) is 6.74. The quantitative estimate of drug-likeness (QED) is 0.885. The lowest BCUT2D eigenvalue weighted by atomic mass is 10.1. The van der Waals surface area contributed by atoms with Crippen LogP contribution < -0.4 is 10.6 Å². The van der Waals surface area contributed by atoms with Crippen LogP contribution in [0.3, 0.4) is 0 Å². The predicted molar refractivity (Wildman–Crippen MR) is 84.7 cm³/mol. The zero-order chi connectivity index (χ0) is 15.2. The summed E-state index contributed by atoms with van der Waals surface area (Å²) in [5.74, 6) is -0.183. The molecule has 0 aliphatic carbocycles. The van der Waals surface area contributed by atoms with Crippen molar-refractivity contribution in [3.63, 3.8) is 0 Å². The van der Waals surface area contributed by atoms with E-state index in [0.29, 0.717) is 11.3 Å². The third-order valence-electron chi connectivity index (χ3n) is 3.14. The van der Waals surface area contributed by atoms with Crippen LogP contribution in [0.5, 0.6) is 0 Å². The molecule has 0 saturated heterocycles. The molecule has 0 aliphatic rings. The van der Waals surface area contributed by atoms with Gasteiger partial charge in [-0.2, -0.15) is 0 Å². The number of aryl methyl sites for hydroxylation is 2. The highest BCUT2D eigenvalue weighted by Gasteiger charge is 2.13. The van der Waals surface area contributed by atoms with E-state index >= 15 is 0 Å². The van der Waals surface area contributed by atoms with E-state index in [1.54, 1.807) is 18.6 Å². The van der Waals surface area contributed by atoms with Crippen molar-refractivity contribution >= 4 is 17.3 Å². The Hall–Kier alpha value is -2.43. The number of hydrogen-bond donors (Lipinski definition) is 2. The minimum atomic E-state index is -0.183. The highest BCUT2D eigenvalue weighted by atomic mass is 16.1. The minimum Gasteiger partial charge on any atom is -0.384 e. The molecular formula is C16H20N4O. The zero-order valence-corrected chi connectivity index (χ0v) is 12.6. The average molecular weight is 284 g/mol. The molecule has 2 aromatic heterocycles. The lowest BCUT2D eigenvalue weighted by molar-refractivity contribution is 0.102. The molecule has 21 heavy (non-hydrogen) atoms. The van der Waals surface area contributed by atoms with Gasteiger partial charge in [0.25, 0.3) is 5.91 Å². The second-order valence-electron chi connectivity index (χ2n) is 4.94. The number of carbonyl (C=O) groups is 1. The van der Waals surface area contributed by atoms with Gasteiger partial charge < -0.3 is 10.6 Å². The van der Waals surface area contributed by atoms with Crippen molar-refractivity contribution in [1.82, 2.24) is 9.97 Å². The SMILES string of the molecule is CCCNc1cc(C)ncc1C(=O)Nc1cnccc1C. The second kappa shape index (κ2) is 6.83. The molecule has 0 fully saturated rings. The molecule has 1 amide bonds. The van der Waals surface area contributed by atoms with Crippen LogP contribution in [0.25, 0.3) is 0 Å². The van der Waals surface area contributed by atoms with Crippen molar-refractivity contribution in [3.05, 3.63) is 47.5 Å². The number of nitrogens with one attached hydrogen (secondary N) is 2. The molecule has 2 rings (SSSR count). The number of pyridine rings is 2. The Kier molecular flexibility index (Phi) is 4.87. The van der Waals surface area contributed by atoms with Gasteiger partial charge in [-0.1, -0.05) is 6.92 Å². The number of anilines is 2. The highest BCUT2D eigenvalue weighted by Crippen LogP contribution is 2.19. The lowest BCUT2D eigenvalue weighted by Gasteiger charge is -2.13. The Bertz CT molecular complexity index is 640. The van der Waals surface area contributed by atoms with Crippen molar-refractivity contribution in [2.24, 2.45) is 0 Å². The molecular weight excluding hydrogens is 264 g/mol. The van der Waals surface area contributed by atoms with Gasteiger partial charge in [0.2, 0.25) is 0 Å². The summed E-state index contributed by atoms with van der Waals surface area (Å²) in [5.41, 5.74) is 3.91. The van der Waals surface area contributed by atoms with Gasteiger partial charge in [-0.05, 0) is 38.0 Å². The number of amides is 1. The maximum Gasteiger partial charge on any atom is 0.259 e. The number of hydrogen-bond acceptors (Lipinski definition) is 4. The maximum atomic E-state index is 12.4. The smallest absolute Gasteiger partial charge is 0.259 e. The number of rotatable bonds is 5. The van der Waals surface area contributed by atoms with Gasteiger partial charge in [-0.15, -0.1) is 0 Å². The van der Waals surface area contributed by atoms with Crippen molar-refractivity contribution < 1.29 is 4.79 Å². The van der Waals surface area contributed by atoms with Gasteiger partial charge in [0.05, 0.1) is 23.1 Å². The second-order valence-corrected chi connectivity index (χ2v) is 4.94. The van der Waals surface area contributed by atoms with Crippen molar-refractivity contribution in [3.8, 4) is 0 Å². The fourth-order valence-electron chi connectivity index (χ4n) is 1.93. The molecule has 0 saturated carbocycles. The first-order valence-electron chi connectivity index (χ1n) is 7.04. The molecule has 0 aromatic carbocycles. The van der Waals surface area contributed by atoms with E-state index in [4.69, 9.17) is 0 Å². The van der Waals surface area contributed by atoms with Crippen LogP contribution in [-0.4, -0.2) is 22.4 Å². The van der Waals surface area contributed by atoms with Crippen LogP contribution in [0.4, 0.5) is 11.4 Å². The monoisotopic (exact) mass is 284 g/mol. The lowest BCUT2D eigenvalue weighted by Crippen LogP contribution is -2.16. The average Bonchev–Trinajstić information content (AvgIpc) is 2.47. The standard InChI is InChI=1S/C16H20N4O/c1-4-6-18-14-8-12(3)19-9-13(14)16(21)20-15-10-17-7-5-11(15)2/h5,7-10H,4,6H2,1-3H3,(H,18,19)(H,20,21). The summed E-state index contributed by atoms with van der Waals surface area (Å²) < 4.78 is 0. The first-order valence-corrected chi connectivity index (χ1v) is 7.04. The van der Waals surface area contributed by atoms with E-state index in [1.807, 2.05) is 26.0 Å². The molecule has 0 bridgehead atoms. The molecule has 2 N–H and O–H groups in total. The van der Waals surface area contributed by atoms with Gasteiger partial charge in [-0.25, -0.2) is 0 Å². The molecule has 110 valence electrons. The van der Waals surface area contributed by atoms with E-state index in [0.717, 1.165) is 29.9 Å². The number of nitrogens with zero attached hydrogens (tertiary/aromatic N) is 2. The topological polar surface area (TPSA) is 66.9 Å². The van der Waals surface area contributed by atoms with Crippen molar-refractivity contribution in [2.75, 3.05) is 17.2 Å². The minimum absolute atomic E-state index is 0.183. The molecule has 0 unspecified atom stereocenters. The van der Waals surface area contributed by atoms with E-state index in [-0.39, 0.29) is 5.91 Å². The van der Waals surface area contributed by atoms with Crippen LogP contribution in [-0.2, 0) is 0 Å². The highest BCUT2D eigenvalue weighted by molar-refractivity contribution is 6.08. The van der Waals surface area contributed by atoms with Crippen LogP contribution >= 0.6 is 0 Å². The third-order valence-corrected chi connectivity index (χ3v) is 3.14. The Morgan fingerprint density at radius 2 is 2.05 bits per heavy atom. The van der Waals surface area contributed by atoms with Crippen LogP contribution in [0.2, 0.25) is 0 Å². The van der Waals surface area contributed by atoms with Crippen molar-refractivity contribution in [1.29, 1.82) is 0 Å². The number of aromatic nitrogens is 2. The Balaban J connectivity index is 2.24. The molecule has 0 radical (unpaired) electrons. The fourth-order valence-corrected chi connectivity index (χ4v) is 1.93. The summed E-state index contributed by atoms with van der Waals surface area (Å²) >= 11 is 0. The summed E-state index contributed by atoms with van der Waals surface area (Å²) in [6.07, 6.45) is 5.94. The summed E-state index contributed by atoms with van der Waals surface area (Å²) in [5, 5.41) is 6.15. The van der Waals surface area contributed by atoms with Crippen LogP contribution in [0.1, 0.15) is 35.0 Å². The summed E-state index contributed by atoms with van der Waals surface area (Å²) in [7, 11) is 0. The molecule has 2 heterocycles.